The Bertz CT molecular complexity index is 952. The molecular formula is C22H21NO7. The smallest absolute Gasteiger partial charge is 0.330 e. The van der Waals surface area contributed by atoms with Gasteiger partial charge in [-0.1, -0.05) is 12.1 Å². The number of rotatable bonds is 8. The number of methoxy groups -OCH3 is 3. The molecule has 0 spiro atoms. The predicted molar refractivity (Wildman–Crippen MR) is 108 cm³/mol. The molecule has 2 aromatic carbocycles. The molecule has 0 saturated heterocycles. The molecule has 0 aliphatic carbocycles. The number of esters is 1. The number of carbonyl (C=O) groups is 3. The van der Waals surface area contributed by atoms with Crippen LogP contribution in [0.2, 0.25) is 0 Å². The summed E-state index contributed by atoms with van der Waals surface area (Å²) in [5, 5.41) is 0. The third-order valence-electron chi connectivity index (χ3n) is 4.54. The summed E-state index contributed by atoms with van der Waals surface area (Å²) < 4.78 is 20.9. The van der Waals surface area contributed by atoms with Crippen molar-refractivity contribution in [2.24, 2.45) is 0 Å². The largest absolute Gasteiger partial charge is 0.493 e. The maximum absolute atomic E-state index is 12.3. The molecule has 0 N–H and O–H groups in total. The van der Waals surface area contributed by atoms with Crippen LogP contribution in [0.3, 0.4) is 0 Å². The number of benzene rings is 2. The first kappa shape index (κ1) is 20.9. The lowest BCUT2D eigenvalue weighted by atomic mass is 10.1. The van der Waals surface area contributed by atoms with Crippen LogP contribution < -0.4 is 14.2 Å². The normalized spacial score (nSPS) is 12.8. The van der Waals surface area contributed by atoms with E-state index in [0.717, 1.165) is 4.90 Å². The molecule has 156 valence electrons. The first-order valence-corrected chi connectivity index (χ1v) is 9.10. The predicted octanol–water partition coefficient (Wildman–Crippen LogP) is 2.57. The van der Waals surface area contributed by atoms with E-state index in [-0.39, 0.29) is 25.0 Å². The fraction of sp³-hybridized carbons (Fsp3) is 0.227. The van der Waals surface area contributed by atoms with Crippen molar-refractivity contribution >= 4 is 23.9 Å². The highest BCUT2D eigenvalue weighted by Gasteiger charge is 2.34. The number of nitrogens with zero attached hydrogens (tertiary/aromatic N) is 1. The molecule has 8 heteroatoms. The van der Waals surface area contributed by atoms with E-state index >= 15 is 0 Å². The summed E-state index contributed by atoms with van der Waals surface area (Å²) in [5.41, 5.74) is 1.36. The molecule has 0 radical (unpaired) electrons. The number of hydrogen-bond donors (Lipinski definition) is 0. The molecule has 0 bridgehead atoms. The van der Waals surface area contributed by atoms with E-state index in [9.17, 15) is 14.4 Å². The van der Waals surface area contributed by atoms with Gasteiger partial charge in [0.2, 0.25) is 5.75 Å². The lowest BCUT2D eigenvalue weighted by Crippen LogP contribution is -2.33. The van der Waals surface area contributed by atoms with Gasteiger partial charge in [-0.2, -0.15) is 0 Å². The van der Waals surface area contributed by atoms with Gasteiger partial charge in [-0.25, -0.2) is 4.79 Å². The Kier molecular flexibility index (Phi) is 6.36. The molecule has 2 aromatic rings. The summed E-state index contributed by atoms with van der Waals surface area (Å²) in [4.78, 5) is 37.7. The van der Waals surface area contributed by atoms with Crippen LogP contribution in [0.15, 0.2) is 42.5 Å². The zero-order valence-electron chi connectivity index (χ0n) is 16.8. The first-order valence-electron chi connectivity index (χ1n) is 9.10. The number of amides is 2. The monoisotopic (exact) mass is 411 g/mol. The second-order valence-electron chi connectivity index (χ2n) is 6.27. The van der Waals surface area contributed by atoms with E-state index in [1.54, 1.807) is 36.4 Å². The lowest BCUT2D eigenvalue weighted by Gasteiger charge is -2.13. The fourth-order valence-electron chi connectivity index (χ4n) is 3.09. The van der Waals surface area contributed by atoms with E-state index in [2.05, 4.69) is 0 Å². The van der Waals surface area contributed by atoms with Gasteiger partial charge < -0.3 is 18.9 Å². The average molecular weight is 411 g/mol. The van der Waals surface area contributed by atoms with Crippen LogP contribution in [-0.2, 0) is 9.53 Å². The van der Waals surface area contributed by atoms with Crippen molar-refractivity contribution in [1.82, 2.24) is 4.90 Å². The van der Waals surface area contributed by atoms with Crippen molar-refractivity contribution in [3.05, 3.63) is 59.2 Å². The SMILES string of the molecule is COc1cc(/C=C/C(=O)OCCN2C(=O)c3ccccc3C2=O)cc(OC)c1OC. The molecule has 2 amide bonds. The highest BCUT2D eigenvalue weighted by atomic mass is 16.5. The number of imide groups is 1. The maximum Gasteiger partial charge on any atom is 0.330 e. The van der Waals surface area contributed by atoms with Crippen molar-refractivity contribution in [1.29, 1.82) is 0 Å². The Morgan fingerprint density at radius 3 is 2.00 bits per heavy atom. The molecule has 30 heavy (non-hydrogen) atoms. The van der Waals surface area contributed by atoms with E-state index in [1.165, 1.54) is 33.5 Å². The van der Waals surface area contributed by atoms with Crippen LogP contribution in [0.4, 0.5) is 0 Å². The first-order chi connectivity index (χ1) is 14.5. The molecule has 0 aromatic heterocycles. The van der Waals surface area contributed by atoms with Crippen LogP contribution in [-0.4, -0.2) is 57.2 Å². The zero-order chi connectivity index (χ0) is 21.7. The highest BCUT2D eigenvalue weighted by molar-refractivity contribution is 6.21. The summed E-state index contributed by atoms with van der Waals surface area (Å²) in [6, 6.07) is 9.96. The minimum Gasteiger partial charge on any atom is -0.493 e. The second kappa shape index (κ2) is 9.13. The molecule has 0 unspecified atom stereocenters. The number of fused-ring (bicyclic) bond motifs is 1. The Balaban J connectivity index is 1.59. The molecule has 1 aliphatic heterocycles. The zero-order valence-corrected chi connectivity index (χ0v) is 16.8. The Labute approximate surface area is 173 Å². The van der Waals surface area contributed by atoms with Crippen molar-refractivity contribution < 1.29 is 33.3 Å². The maximum atomic E-state index is 12.3. The molecule has 0 atom stereocenters. The van der Waals surface area contributed by atoms with Gasteiger partial charge in [0.1, 0.15) is 6.61 Å². The summed E-state index contributed by atoms with van der Waals surface area (Å²) in [6.45, 7) is -0.125. The van der Waals surface area contributed by atoms with Gasteiger partial charge in [0.15, 0.2) is 11.5 Å². The molecule has 8 nitrogen and oxygen atoms in total. The van der Waals surface area contributed by atoms with Crippen molar-refractivity contribution in [3.63, 3.8) is 0 Å². The fourth-order valence-corrected chi connectivity index (χ4v) is 3.09. The standard InChI is InChI=1S/C22H21NO7/c1-27-17-12-14(13-18(28-2)20(17)29-3)8-9-19(24)30-11-10-23-21(25)15-6-4-5-7-16(15)22(23)26/h4-9,12-13H,10-11H2,1-3H3/b9-8+. The summed E-state index contributed by atoms with van der Waals surface area (Å²) in [5.74, 6) is -0.0359. The third kappa shape index (κ3) is 4.12. The summed E-state index contributed by atoms with van der Waals surface area (Å²) in [6.07, 6.45) is 2.78. The highest BCUT2D eigenvalue weighted by Crippen LogP contribution is 2.38. The van der Waals surface area contributed by atoms with Gasteiger partial charge in [0, 0.05) is 6.08 Å². The molecule has 0 saturated carbocycles. The molecular weight excluding hydrogens is 390 g/mol. The average Bonchev–Trinajstić information content (AvgIpc) is 3.01. The van der Waals surface area contributed by atoms with Gasteiger partial charge in [-0.3, -0.25) is 14.5 Å². The lowest BCUT2D eigenvalue weighted by molar-refractivity contribution is -0.137. The van der Waals surface area contributed by atoms with Crippen molar-refractivity contribution in [2.45, 2.75) is 0 Å². The molecule has 1 heterocycles. The second-order valence-corrected chi connectivity index (χ2v) is 6.27. The molecule has 3 rings (SSSR count). The number of ether oxygens (including phenoxy) is 4. The minimum absolute atomic E-state index is 0.0177. The number of carbonyl (C=O) groups excluding carboxylic acids is 3. The Hall–Kier alpha value is -3.81. The summed E-state index contributed by atoms with van der Waals surface area (Å²) >= 11 is 0. The van der Waals surface area contributed by atoms with Gasteiger partial charge in [0.25, 0.3) is 11.8 Å². The van der Waals surface area contributed by atoms with Gasteiger partial charge >= 0.3 is 5.97 Å². The van der Waals surface area contributed by atoms with Crippen molar-refractivity contribution in [2.75, 3.05) is 34.5 Å². The molecule has 0 fully saturated rings. The van der Waals surface area contributed by atoms with Crippen LogP contribution in [0.25, 0.3) is 6.08 Å². The topological polar surface area (TPSA) is 91.4 Å². The van der Waals surface area contributed by atoms with E-state index in [1.807, 2.05) is 0 Å². The Morgan fingerprint density at radius 1 is 0.933 bits per heavy atom. The number of hydrogen-bond acceptors (Lipinski definition) is 7. The summed E-state index contributed by atoms with van der Waals surface area (Å²) in [7, 11) is 4.50. The van der Waals surface area contributed by atoms with Gasteiger partial charge in [-0.15, -0.1) is 0 Å². The van der Waals surface area contributed by atoms with Crippen molar-refractivity contribution in [3.8, 4) is 17.2 Å². The third-order valence-corrected chi connectivity index (χ3v) is 4.54. The van der Waals surface area contributed by atoms with E-state index in [0.29, 0.717) is 33.9 Å². The van der Waals surface area contributed by atoms with Crippen LogP contribution in [0.5, 0.6) is 17.2 Å². The van der Waals surface area contributed by atoms with Crippen LogP contribution >= 0.6 is 0 Å². The van der Waals surface area contributed by atoms with Crippen LogP contribution in [0.1, 0.15) is 26.3 Å². The van der Waals surface area contributed by atoms with Crippen LogP contribution in [0, 0.1) is 0 Å². The van der Waals surface area contributed by atoms with E-state index in [4.69, 9.17) is 18.9 Å². The minimum atomic E-state index is -0.611. The van der Waals surface area contributed by atoms with Gasteiger partial charge in [0.05, 0.1) is 39.0 Å². The van der Waals surface area contributed by atoms with E-state index < -0.39 is 5.97 Å². The quantitative estimate of drug-likeness (QED) is 0.375. The van der Waals surface area contributed by atoms with Gasteiger partial charge in [-0.05, 0) is 35.9 Å². The Morgan fingerprint density at radius 2 is 1.50 bits per heavy atom. The molecule has 1 aliphatic rings.